The minimum absolute atomic E-state index is 0.00774. The predicted octanol–water partition coefficient (Wildman–Crippen LogP) is 4.64. The zero-order valence-electron chi connectivity index (χ0n) is 15.0. The topological polar surface area (TPSA) is 75.5 Å². The van der Waals surface area contributed by atoms with Gasteiger partial charge < -0.3 is 10.2 Å². The molecular weight excluding hydrogens is 342 g/mol. The molecule has 0 amide bonds. The van der Waals surface area contributed by atoms with Crippen molar-refractivity contribution in [3.8, 4) is 0 Å². The highest BCUT2D eigenvalue weighted by Gasteiger charge is 2.16. The number of anilines is 3. The van der Waals surface area contributed by atoms with Crippen LogP contribution in [-0.4, -0.2) is 24.8 Å². The van der Waals surface area contributed by atoms with Crippen molar-refractivity contribution in [1.29, 1.82) is 0 Å². The van der Waals surface area contributed by atoms with Crippen molar-refractivity contribution in [2.24, 2.45) is 0 Å². The molecule has 3 aromatic carbocycles. The summed E-state index contributed by atoms with van der Waals surface area (Å²) in [5.41, 5.74) is 2.99. The Morgan fingerprint density at radius 3 is 2.22 bits per heavy atom. The van der Waals surface area contributed by atoms with E-state index in [1.165, 1.54) is 6.07 Å². The summed E-state index contributed by atoms with van der Waals surface area (Å²) in [5, 5.41) is 14.4. The summed E-state index contributed by atoms with van der Waals surface area (Å²) in [4.78, 5) is 25.4. The number of nitrogens with zero attached hydrogens (tertiary/aromatic N) is 2. The molecule has 27 heavy (non-hydrogen) atoms. The van der Waals surface area contributed by atoms with Crippen molar-refractivity contribution < 1.29 is 9.72 Å². The summed E-state index contributed by atoms with van der Waals surface area (Å²) in [7, 11) is 3.72. The van der Waals surface area contributed by atoms with Crippen LogP contribution in [0.5, 0.6) is 0 Å². The maximum atomic E-state index is 12.7. The van der Waals surface area contributed by atoms with Gasteiger partial charge in [-0.05, 0) is 24.3 Å². The largest absolute Gasteiger partial charge is 0.376 e. The summed E-state index contributed by atoms with van der Waals surface area (Å²) >= 11 is 0. The Labute approximate surface area is 157 Å². The van der Waals surface area contributed by atoms with E-state index in [1.54, 1.807) is 48.5 Å². The molecule has 0 saturated carbocycles. The van der Waals surface area contributed by atoms with Gasteiger partial charge in [0.05, 0.1) is 16.3 Å². The number of para-hydroxylation sites is 2. The van der Waals surface area contributed by atoms with Crippen molar-refractivity contribution in [2.45, 2.75) is 0 Å². The maximum absolute atomic E-state index is 12.7. The lowest BCUT2D eigenvalue weighted by atomic mass is 10.0. The Balaban J connectivity index is 1.98. The van der Waals surface area contributed by atoms with Gasteiger partial charge in [-0.25, -0.2) is 0 Å². The van der Waals surface area contributed by atoms with Crippen LogP contribution in [0.4, 0.5) is 22.7 Å². The lowest BCUT2D eigenvalue weighted by Crippen LogP contribution is -2.13. The number of hydrogen-bond acceptors (Lipinski definition) is 5. The molecule has 0 heterocycles. The van der Waals surface area contributed by atoms with Gasteiger partial charge in [-0.15, -0.1) is 0 Å². The zero-order chi connectivity index (χ0) is 19.4. The van der Waals surface area contributed by atoms with Crippen molar-refractivity contribution in [3.63, 3.8) is 0 Å². The molecule has 136 valence electrons. The first-order valence-electron chi connectivity index (χ1n) is 8.39. The summed E-state index contributed by atoms with van der Waals surface area (Å²) in [6, 6.07) is 20.8. The first-order chi connectivity index (χ1) is 13.0. The molecule has 0 spiro atoms. The van der Waals surface area contributed by atoms with Gasteiger partial charge in [0.15, 0.2) is 5.78 Å². The molecule has 0 saturated heterocycles. The smallest absolute Gasteiger partial charge is 0.292 e. The van der Waals surface area contributed by atoms with E-state index in [2.05, 4.69) is 5.32 Å². The van der Waals surface area contributed by atoms with Crippen LogP contribution in [0.15, 0.2) is 72.8 Å². The molecule has 3 rings (SSSR count). The Morgan fingerprint density at radius 1 is 0.889 bits per heavy atom. The van der Waals surface area contributed by atoms with Crippen LogP contribution in [-0.2, 0) is 0 Å². The first kappa shape index (κ1) is 18.1. The molecule has 0 bridgehead atoms. The normalized spacial score (nSPS) is 10.3. The fourth-order valence-electron chi connectivity index (χ4n) is 2.79. The second kappa shape index (κ2) is 7.70. The average Bonchev–Trinajstić information content (AvgIpc) is 2.68. The molecule has 0 aliphatic heterocycles. The molecule has 1 N–H and O–H groups in total. The van der Waals surface area contributed by atoms with Crippen molar-refractivity contribution in [3.05, 3.63) is 94.0 Å². The van der Waals surface area contributed by atoms with Gasteiger partial charge >= 0.3 is 0 Å². The van der Waals surface area contributed by atoms with Crippen LogP contribution in [0, 0.1) is 10.1 Å². The van der Waals surface area contributed by atoms with E-state index in [4.69, 9.17) is 0 Å². The SMILES string of the molecule is CN(C)c1cc(C(=O)c2ccccc2)ccc1Nc1ccccc1[N+](=O)[O-]. The molecule has 0 aromatic heterocycles. The first-order valence-corrected chi connectivity index (χ1v) is 8.39. The number of carbonyl (C=O) groups is 1. The molecule has 6 heteroatoms. The summed E-state index contributed by atoms with van der Waals surface area (Å²) in [5.74, 6) is -0.0732. The molecule has 6 nitrogen and oxygen atoms in total. The van der Waals surface area contributed by atoms with Crippen LogP contribution < -0.4 is 10.2 Å². The number of ketones is 1. The molecule has 3 aromatic rings. The molecule has 0 unspecified atom stereocenters. The van der Waals surface area contributed by atoms with E-state index in [9.17, 15) is 14.9 Å². The number of rotatable bonds is 6. The van der Waals surface area contributed by atoms with Gasteiger partial charge in [-0.1, -0.05) is 42.5 Å². The molecule has 0 aliphatic rings. The monoisotopic (exact) mass is 361 g/mol. The third-order valence-electron chi connectivity index (χ3n) is 4.15. The van der Waals surface area contributed by atoms with Gasteiger partial charge in [0.2, 0.25) is 0 Å². The number of nitro benzene ring substituents is 1. The minimum atomic E-state index is -0.426. The number of benzene rings is 3. The van der Waals surface area contributed by atoms with Crippen LogP contribution in [0.1, 0.15) is 15.9 Å². The number of nitro groups is 1. The Morgan fingerprint density at radius 2 is 1.56 bits per heavy atom. The van der Waals surface area contributed by atoms with Gasteiger partial charge in [0.25, 0.3) is 5.69 Å². The molecular formula is C21H19N3O3. The average molecular weight is 361 g/mol. The van der Waals surface area contributed by atoms with E-state index >= 15 is 0 Å². The number of hydrogen-bond donors (Lipinski definition) is 1. The fraction of sp³-hybridized carbons (Fsp3) is 0.0952. The van der Waals surface area contributed by atoms with E-state index < -0.39 is 4.92 Å². The maximum Gasteiger partial charge on any atom is 0.292 e. The molecule has 0 atom stereocenters. The third kappa shape index (κ3) is 3.95. The van der Waals surface area contributed by atoms with Crippen molar-refractivity contribution in [2.75, 3.05) is 24.3 Å². The van der Waals surface area contributed by atoms with Crippen LogP contribution >= 0.6 is 0 Å². The Hall–Kier alpha value is -3.67. The lowest BCUT2D eigenvalue weighted by Gasteiger charge is -2.19. The predicted molar refractivity (Wildman–Crippen MR) is 107 cm³/mol. The highest BCUT2D eigenvalue weighted by Crippen LogP contribution is 2.33. The van der Waals surface area contributed by atoms with Gasteiger partial charge in [-0.3, -0.25) is 14.9 Å². The quantitative estimate of drug-likeness (QED) is 0.393. The highest BCUT2D eigenvalue weighted by atomic mass is 16.6. The van der Waals surface area contributed by atoms with E-state index in [0.29, 0.717) is 22.5 Å². The third-order valence-corrected chi connectivity index (χ3v) is 4.15. The minimum Gasteiger partial charge on any atom is -0.376 e. The molecule has 0 radical (unpaired) electrons. The fourth-order valence-corrected chi connectivity index (χ4v) is 2.79. The zero-order valence-corrected chi connectivity index (χ0v) is 15.0. The van der Waals surface area contributed by atoms with Crippen LogP contribution in [0.25, 0.3) is 0 Å². The molecule has 0 fully saturated rings. The van der Waals surface area contributed by atoms with Crippen LogP contribution in [0.3, 0.4) is 0 Å². The van der Waals surface area contributed by atoms with E-state index in [0.717, 1.165) is 5.69 Å². The van der Waals surface area contributed by atoms with Gasteiger partial charge in [0, 0.05) is 31.3 Å². The lowest BCUT2D eigenvalue weighted by molar-refractivity contribution is -0.383. The standard InChI is InChI=1S/C21H19N3O3/c1-23(2)20-14-16(21(25)15-8-4-3-5-9-15)12-13-18(20)22-17-10-6-7-11-19(17)24(26)27/h3-14,22H,1-2H3. The summed E-state index contributed by atoms with van der Waals surface area (Å²) < 4.78 is 0. The molecule has 0 aliphatic carbocycles. The van der Waals surface area contributed by atoms with Gasteiger partial charge in [0.1, 0.15) is 5.69 Å². The summed E-state index contributed by atoms with van der Waals surface area (Å²) in [6.07, 6.45) is 0. The highest BCUT2D eigenvalue weighted by molar-refractivity contribution is 6.10. The van der Waals surface area contributed by atoms with Crippen LogP contribution in [0.2, 0.25) is 0 Å². The van der Waals surface area contributed by atoms with Crippen molar-refractivity contribution >= 4 is 28.5 Å². The second-order valence-electron chi connectivity index (χ2n) is 6.22. The van der Waals surface area contributed by atoms with E-state index in [1.807, 2.05) is 37.2 Å². The van der Waals surface area contributed by atoms with Crippen molar-refractivity contribution in [1.82, 2.24) is 0 Å². The van der Waals surface area contributed by atoms with E-state index in [-0.39, 0.29) is 11.5 Å². The second-order valence-corrected chi connectivity index (χ2v) is 6.22. The number of nitrogens with one attached hydrogen (secondary N) is 1. The summed E-state index contributed by atoms with van der Waals surface area (Å²) in [6.45, 7) is 0. The van der Waals surface area contributed by atoms with Gasteiger partial charge in [-0.2, -0.15) is 0 Å². The number of carbonyl (C=O) groups excluding carboxylic acids is 1. The Kier molecular flexibility index (Phi) is 5.17. The Bertz CT molecular complexity index is 985.